The van der Waals surface area contributed by atoms with Crippen LogP contribution in [0.4, 0.5) is 0 Å². The van der Waals surface area contributed by atoms with Crippen molar-refractivity contribution in [3.05, 3.63) is 0 Å². The van der Waals surface area contributed by atoms with Crippen LogP contribution in [0.5, 0.6) is 0 Å². The third kappa shape index (κ3) is 7.05. The molecule has 0 aliphatic carbocycles. The molecule has 1 fully saturated rings. The molecule has 0 bridgehead atoms. The first-order valence-corrected chi connectivity index (χ1v) is 8.73. The fourth-order valence-electron chi connectivity index (χ4n) is 3.18. The van der Waals surface area contributed by atoms with Gasteiger partial charge in [-0.2, -0.15) is 0 Å². The van der Waals surface area contributed by atoms with E-state index in [4.69, 9.17) is 4.74 Å². The van der Waals surface area contributed by atoms with Gasteiger partial charge in [0.2, 0.25) is 0 Å². The quantitative estimate of drug-likeness (QED) is 0.623. The molecule has 1 saturated heterocycles. The maximum Gasteiger partial charge on any atom is 0.0599 e. The van der Waals surface area contributed by atoms with Gasteiger partial charge in [0, 0.05) is 25.7 Å². The highest BCUT2D eigenvalue weighted by Crippen LogP contribution is 2.13. The topological polar surface area (TPSA) is 24.5 Å². The summed E-state index contributed by atoms with van der Waals surface area (Å²) in [6, 6.07) is 0.747. The van der Waals surface area contributed by atoms with Crippen LogP contribution in [0.15, 0.2) is 0 Å². The Bertz CT molecular complexity index is 223. The van der Waals surface area contributed by atoms with Crippen LogP contribution >= 0.6 is 0 Å². The normalized spacial score (nSPS) is 17.6. The van der Waals surface area contributed by atoms with Gasteiger partial charge < -0.3 is 15.0 Å². The molecule has 0 unspecified atom stereocenters. The maximum atomic E-state index is 6.02. The van der Waals surface area contributed by atoms with E-state index >= 15 is 0 Å². The van der Waals surface area contributed by atoms with Crippen LogP contribution in [0.3, 0.4) is 0 Å². The molecule has 0 atom stereocenters. The Morgan fingerprint density at radius 2 is 1.80 bits per heavy atom. The predicted octanol–water partition coefficient (Wildman–Crippen LogP) is 3.29. The number of ether oxygens (including phenoxy) is 1. The Morgan fingerprint density at radius 3 is 2.35 bits per heavy atom. The number of piperidine rings is 1. The Balaban J connectivity index is 2.22. The lowest BCUT2D eigenvalue weighted by Crippen LogP contribution is -2.38. The van der Waals surface area contributed by atoms with E-state index in [0.717, 1.165) is 31.7 Å². The minimum Gasteiger partial charge on any atom is -0.378 e. The highest BCUT2D eigenvalue weighted by Gasteiger charge is 2.17. The SMILES string of the molecule is CCC(CC)N(CCCOC1CCNCC1)CC(C)C. The van der Waals surface area contributed by atoms with E-state index in [1.54, 1.807) is 0 Å². The van der Waals surface area contributed by atoms with Gasteiger partial charge in [-0.3, -0.25) is 0 Å². The van der Waals surface area contributed by atoms with Gasteiger partial charge in [0.25, 0.3) is 0 Å². The number of hydrogen-bond acceptors (Lipinski definition) is 3. The van der Waals surface area contributed by atoms with Crippen molar-refractivity contribution in [1.29, 1.82) is 0 Å². The van der Waals surface area contributed by atoms with E-state index in [0.29, 0.717) is 6.10 Å². The second-order valence-electron chi connectivity index (χ2n) is 6.53. The third-order valence-electron chi connectivity index (χ3n) is 4.29. The molecule has 3 heteroatoms. The van der Waals surface area contributed by atoms with Gasteiger partial charge in [-0.1, -0.05) is 27.7 Å². The molecule has 0 aromatic carbocycles. The Kier molecular flexibility index (Phi) is 9.49. The highest BCUT2D eigenvalue weighted by molar-refractivity contribution is 4.71. The van der Waals surface area contributed by atoms with E-state index < -0.39 is 0 Å². The zero-order chi connectivity index (χ0) is 14.8. The third-order valence-corrected chi connectivity index (χ3v) is 4.29. The van der Waals surface area contributed by atoms with Crippen LogP contribution in [0.1, 0.15) is 59.8 Å². The molecule has 20 heavy (non-hydrogen) atoms. The molecule has 1 N–H and O–H groups in total. The molecule has 1 aliphatic rings. The minimum atomic E-state index is 0.503. The molecular formula is C17H36N2O. The molecule has 0 aromatic rings. The lowest BCUT2D eigenvalue weighted by atomic mass is 10.1. The summed E-state index contributed by atoms with van der Waals surface area (Å²) in [5.41, 5.74) is 0. The second-order valence-corrected chi connectivity index (χ2v) is 6.53. The van der Waals surface area contributed by atoms with E-state index in [1.165, 1.54) is 45.2 Å². The van der Waals surface area contributed by atoms with Crippen molar-refractivity contribution in [1.82, 2.24) is 10.2 Å². The molecule has 0 saturated carbocycles. The average Bonchev–Trinajstić information content (AvgIpc) is 2.45. The van der Waals surface area contributed by atoms with Crippen molar-refractivity contribution in [3.63, 3.8) is 0 Å². The maximum absolute atomic E-state index is 6.02. The first-order valence-electron chi connectivity index (χ1n) is 8.73. The molecule has 0 aromatic heterocycles. The van der Waals surface area contributed by atoms with Gasteiger partial charge in [-0.05, 0) is 51.1 Å². The number of rotatable bonds is 10. The molecule has 0 amide bonds. The lowest BCUT2D eigenvalue weighted by molar-refractivity contribution is 0.0247. The number of hydrogen-bond donors (Lipinski definition) is 1. The first-order chi connectivity index (χ1) is 9.67. The molecular weight excluding hydrogens is 248 g/mol. The van der Waals surface area contributed by atoms with Crippen molar-refractivity contribution in [2.24, 2.45) is 5.92 Å². The van der Waals surface area contributed by atoms with Crippen LogP contribution in [0, 0.1) is 5.92 Å². The largest absolute Gasteiger partial charge is 0.378 e. The Hall–Kier alpha value is -0.120. The van der Waals surface area contributed by atoms with Crippen LogP contribution in [0.25, 0.3) is 0 Å². The van der Waals surface area contributed by atoms with Crippen LogP contribution in [-0.4, -0.2) is 49.8 Å². The minimum absolute atomic E-state index is 0.503. The summed E-state index contributed by atoms with van der Waals surface area (Å²) in [4.78, 5) is 2.68. The van der Waals surface area contributed by atoms with Gasteiger partial charge in [-0.15, -0.1) is 0 Å². The van der Waals surface area contributed by atoms with Crippen molar-refractivity contribution >= 4 is 0 Å². The van der Waals surface area contributed by atoms with Gasteiger partial charge in [0.1, 0.15) is 0 Å². The van der Waals surface area contributed by atoms with Gasteiger partial charge in [0.15, 0.2) is 0 Å². The smallest absolute Gasteiger partial charge is 0.0599 e. The summed E-state index contributed by atoms with van der Waals surface area (Å²) < 4.78 is 6.02. The van der Waals surface area contributed by atoms with Crippen LogP contribution in [0.2, 0.25) is 0 Å². The summed E-state index contributed by atoms with van der Waals surface area (Å²) in [6.45, 7) is 14.9. The Labute approximate surface area is 126 Å². The average molecular weight is 284 g/mol. The molecule has 120 valence electrons. The molecule has 1 aliphatic heterocycles. The fraction of sp³-hybridized carbons (Fsp3) is 1.00. The van der Waals surface area contributed by atoms with E-state index in [2.05, 4.69) is 37.9 Å². The zero-order valence-electron chi connectivity index (χ0n) is 14.2. The van der Waals surface area contributed by atoms with Gasteiger partial charge in [-0.25, -0.2) is 0 Å². The highest BCUT2D eigenvalue weighted by atomic mass is 16.5. The monoisotopic (exact) mass is 284 g/mol. The predicted molar refractivity (Wildman–Crippen MR) is 87.2 cm³/mol. The summed E-state index contributed by atoms with van der Waals surface area (Å²) in [6.07, 6.45) is 6.57. The Morgan fingerprint density at radius 1 is 1.15 bits per heavy atom. The fourth-order valence-corrected chi connectivity index (χ4v) is 3.18. The molecule has 0 spiro atoms. The number of nitrogens with one attached hydrogen (secondary N) is 1. The van der Waals surface area contributed by atoms with E-state index in [1.807, 2.05) is 0 Å². The summed E-state index contributed by atoms with van der Waals surface area (Å²) >= 11 is 0. The second kappa shape index (κ2) is 10.6. The summed E-state index contributed by atoms with van der Waals surface area (Å²) in [7, 11) is 0. The lowest BCUT2D eigenvalue weighted by Gasteiger charge is -2.32. The van der Waals surface area contributed by atoms with E-state index in [-0.39, 0.29) is 0 Å². The molecule has 1 rings (SSSR count). The van der Waals surface area contributed by atoms with Gasteiger partial charge in [0.05, 0.1) is 6.10 Å². The zero-order valence-corrected chi connectivity index (χ0v) is 14.2. The summed E-state index contributed by atoms with van der Waals surface area (Å²) in [5, 5.41) is 3.39. The molecule has 0 radical (unpaired) electrons. The van der Waals surface area contributed by atoms with E-state index in [9.17, 15) is 0 Å². The van der Waals surface area contributed by atoms with Crippen LogP contribution < -0.4 is 5.32 Å². The summed E-state index contributed by atoms with van der Waals surface area (Å²) in [5.74, 6) is 0.751. The van der Waals surface area contributed by atoms with Crippen molar-refractivity contribution in [2.45, 2.75) is 71.9 Å². The molecule has 1 heterocycles. The van der Waals surface area contributed by atoms with Crippen molar-refractivity contribution in [2.75, 3.05) is 32.8 Å². The van der Waals surface area contributed by atoms with Gasteiger partial charge >= 0.3 is 0 Å². The standard InChI is InChI=1S/C17H36N2O/c1-5-16(6-2)19(14-15(3)4)12-7-13-20-17-8-10-18-11-9-17/h15-18H,5-14H2,1-4H3. The molecule has 3 nitrogen and oxygen atoms in total. The first kappa shape index (κ1) is 17.9. The number of nitrogens with zero attached hydrogens (tertiary/aromatic N) is 1. The van der Waals surface area contributed by atoms with Crippen molar-refractivity contribution in [3.8, 4) is 0 Å². The van der Waals surface area contributed by atoms with Crippen LogP contribution in [-0.2, 0) is 4.74 Å². The van der Waals surface area contributed by atoms with Crippen molar-refractivity contribution < 1.29 is 4.74 Å².